The Bertz CT molecular complexity index is 764. The smallest absolute Gasteiger partial charge is 0.229 e. The van der Waals surface area contributed by atoms with Gasteiger partial charge in [-0.3, -0.25) is 19.3 Å². The molecule has 3 aliphatic rings. The fourth-order valence-corrected chi connectivity index (χ4v) is 5.13. The molecule has 2 unspecified atom stereocenters. The van der Waals surface area contributed by atoms with E-state index in [2.05, 4.69) is 0 Å². The van der Waals surface area contributed by atoms with Gasteiger partial charge < -0.3 is 4.90 Å². The number of aryl methyl sites for hydroxylation is 2. The Kier molecular flexibility index (Phi) is 4.97. The van der Waals surface area contributed by atoms with E-state index in [1.165, 1.54) is 4.90 Å². The fourth-order valence-electron chi connectivity index (χ4n) is 5.01. The molecular weight excluding hydrogens is 364 g/mol. The molecule has 0 saturated carbocycles. The van der Waals surface area contributed by atoms with E-state index in [-0.39, 0.29) is 35.8 Å². The second-order valence-corrected chi connectivity index (χ2v) is 8.46. The quantitative estimate of drug-likeness (QED) is 0.744. The Morgan fingerprint density at radius 1 is 1.07 bits per heavy atom. The highest BCUT2D eigenvalue weighted by Gasteiger charge is 2.47. The van der Waals surface area contributed by atoms with Crippen LogP contribution >= 0.6 is 11.6 Å². The molecule has 3 fully saturated rings. The number of rotatable bonds is 4. The number of nitrogens with zero attached hydrogens (tertiary/aromatic N) is 2. The minimum Gasteiger partial charge on any atom is -0.337 e. The van der Waals surface area contributed by atoms with Gasteiger partial charge in [0.2, 0.25) is 17.7 Å². The van der Waals surface area contributed by atoms with Gasteiger partial charge in [-0.2, -0.15) is 0 Å². The Balaban J connectivity index is 1.39. The van der Waals surface area contributed by atoms with Crippen molar-refractivity contribution in [2.24, 2.45) is 0 Å². The number of carbonyl (C=O) groups is 3. The lowest BCUT2D eigenvalue weighted by Crippen LogP contribution is -2.53. The first-order valence-electron chi connectivity index (χ1n) is 9.85. The molecule has 0 aliphatic carbocycles. The SMILES string of the molecule is Cc1cc(CCC(=O)N2C3CCC2CC(N2C(=O)CCC2=O)C3)ccc1Cl. The van der Waals surface area contributed by atoms with Crippen molar-refractivity contribution < 1.29 is 14.4 Å². The molecule has 0 radical (unpaired) electrons. The van der Waals surface area contributed by atoms with Crippen molar-refractivity contribution in [1.82, 2.24) is 9.80 Å². The average Bonchev–Trinajstić information content (AvgIpc) is 3.11. The van der Waals surface area contributed by atoms with Gasteiger partial charge >= 0.3 is 0 Å². The number of fused-ring (bicyclic) bond motifs is 2. The van der Waals surface area contributed by atoms with Gasteiger partial charge in [0.15, 0.2) is 0 Å². The molecule has 3 saturated heterocycles. The molecule has 1 aromatic carbocycles. The Morgan fingerprint density at radius 3 is 2.30 bits per heavy atom. The zero-order valence-corrected chi connectivity index (χ0v) is 16.4. The van der Waals surface area contributed by atoms with Crippen molar-refractivity contribution in [3.63, 3.8) is 0 Å². The van der Waals surface area contributed by atoms with Gasteiger partial charge in [0.05, 0.1) is 0 Å². The van der Waals surface area contributed by atoms with Crippen LogP contribution in [0.5, 0.6) is 0 Å². The van der Waals surface area contributed by atoms with Crippen LogP contribution in [-0.4, -0.2) is 45.6 Å². The second-order valence-electron chi connectivity index (χ2n) is 8.05. The molecule has 2 atom stereocenters. The van der Waals surface area contributed by atoms with Crippen LogP contribution in [0, 0.1) is 6.92 Å². The number of carbonyl (C=O) groups excluding carboxylic acids is 3. The number of imide groups is 1. The van der Waals surface area contributed by atoms with E-state index in [9.17, 15) is 14.4 Å². The minimum atomic E-state index is -0.0396. The number of hydrogen-bond acceptors (Lipinski definition) is 3. The summed E-state index contributed by atoms with van der Waals surface area (Å²) in [5.41, 5.74) is 2.16. The summed E-state index contributed by atoms with van der Waals surface area (Å²) in [7, 11) is 0. The first kappa shape index (κ1) is 18.5. The molecule has 3 amide bonds. The largest absolute Gasteiger partial charge is 0.337 e. The lowest BCUT2D eigenvalue weighted by atomic mass is 9.95. The lowest BCUT2D eigenvalue weighted by molar-refractivity contribution is -0.144. The molecule has 3 heterocycles. The molecule has 0 N–H and O–H groups in total. The van der Waals surface area contributed by atoms with Crippen LogP contribution in [-0.2, 0) is 20.8 Å². The zero-order valence-electron chi connectivity index (χ0n) is 15.6. The fraction of sp³-hybridized carbons (Fsp3) is 0.571. The summed E-state index contributed by atoms with van der Waals surface area (Å²) < 4.78 is 0. The zero-order chi connectivity index (χ0) is 19.1. The van der Waals surface area contributed by atoms with E-state index in [0.29, 0.717) is 25.7 Å². The molecular formula is C21H25ClN2O3. The van der Waals surface area contributed by atoms with Crippen LogP contribution in [0.4, 0.5) is 0 Å². The maximum Gasteiger partial charge on any atom is 0.229 e. The van der Waals surface area contributed by atoms with E-state index in [4.69, 9.17) is 11.6 Å². The van der Waals surface area contributed by atoms with Crippen molar-refractivity contribution in [2.75, 3.05) is 0 Å². The minimum absolute atomic E-state index is 0.0204. The Morgan fingerprint density at radius 2 is 1.70 bits per heavy atom. The molecule has 0 spiro atoms. The highest BCUT2D eigenvalue weighted by atomic mass is 35.5. The highest BCUT2D eigenvalue weighted by Crippen LogP contribution is 2.39. The van der Waals surface area contributed by atoms with Gasteiger partial charge in [-0.05, 0) is 56.2 Å². The van der Waals surface area contributed by atoms with Crippen molar-refractivity contribution in [3.8, 4) is 0 Å². The third-order valence-corrected chi connectivity index (χ3v) is 6.73. The van der Waals surface area contributed by atoms with Gasteiger partial charge in [-0.25, -0.2) is 0 Å². The van der Waals surface area contributed by atoms with Crippen LogP contribution in [0.1, 0.15) is 56.1 Å². The van der Waals surface area contributed by atoms with Gasteiger partial charge in [0, 0.05) is 42.4 Å². The normalized spacial score (nSPS) is 27.6. The number of benzene rings is 1. The van der Waals surface area contributed by atoms with E-state index in [1.54, 1.807) is 0 Å². The summed E-state index contributed by atoms with van der Waals surface area (Å²) in [6, 6.07) is 6.21. The maximum atomic E-state index is 12.9. The summed E-state index contributed by atoms with van der Waals surface area (Å²) in [6.45, 7) is 1.97. The van der Waals surface area contributed by atoms with E-state index >= 15 is 0 Å². The molecule has 1 aromatic rings. The summed E-state index contributed by atoms with van der Waals surface area (Å²) in [6.07, 6.45) is 5.30. The topological polar surface area (TPSA) is 57.7 Å². The van der Waals surface area contributed by atoms with E-state index in [0.717, 1.165) is 41.8 Å². The molecule has 144 valence electrons. The van der Waals surface area contributed by atoms with Crippen LogP contribution in [0.25, 0.3) is 0 Å². The highest BCUT2D eigenvalue weighted by molar-refractivity contribution is 6.31. The van der Waals surface area contributed by atoms with Crippen molar-refractivity contribution in [3.05, 3.63) is 34.3 Å². The number of hydrogen-bond donors (Lipinski definition) is 0. The maximum absolute atomic E-state index is 12.9. The third kappa shape index (κ3) is 3.49. The Hall–Kier alpha value is -1.88. The van der Waals surface area contributed by atoms with E-state index < -0.39 is 0 Å². The molecule has 27 heavy (non-hydrogen) atoms. The number of amides is 3. The van der Waals surface area contributed by atoms with Crippen LogP contribution < -0.4 is 0 Å². The molecule has 3 aliphatic heterocycles. The standard InChI is InChI=1S/C21H25ClN2O3/c1-13-10-14(2-6-18(13)22)3-7-19(25)23-15-4-5-16(23)12-17(11-15)24-20(26)8-9-21(24)27/h2,6,10,15-17H,3-5,7-9,11-12H2,1H3. The summed E-state index contributed by atoms with van der Waals surface area (Å²) in [5, 5.41) is 0.746. The molecule has 2 bridgehead atoms. The predicted octanol–water partition coefficient (Wildman–Crippen LogP) is 3.25. The Labute approximate surface area is 164 Å². The third-order valence-electron chi connectivity index (χ3n) is 6.30. The van der Waals surface area contributed by atoms with Crippen molar-refractivity contribution in [2.45, 2.75) is 76.4 Å². The van der Waals surface area contributed by atoms with Crippen LogP contribution in [0.2, 0.25) is 5.02 Å². The monoisotopic (exact) mass is 388 g/mol. The summed E-state index contributed by atoms with van der Waals surface area (Å²) in [5.74, 6) is 0.109. The number of halogens is 1. The van der Waals surface area contributed by atoms with Gasteiger partial charge in [-0.1, -0.05) is 23.7 Å². The first-order valence-corrected chi connectivity index (χ1v) is 10.2. The van der Waals surface area contributed by atoms with Gasteiger partial charge in [0.1, 0.15) is 0 Å². The van der Waals surface area contributed by atoms with Gasteiger partial charge in [-0.15, -0.1) is 0 Å². The van der Waals surface area contributed by atoms with E-state index in [1.807, 2.05) is 30.0 Å². The molecule has 5 nitrogen and oxygen atoms in total. The molecule has 4 rings (SSSR count). The van der Waals surface area contributed by atoms with Crippen LogP contribution in [0.15, 0.2) is 18.2 Å². The number of piperidine rings is 1. The molecule has 0 aromatic heterocycles. The molecule has 6 heteroatoms. The number of likely N-dealkylation sites (tertiary alicyclic amines) is 1. The van der Waals surface area contributed by atoms with Crippen molar-refractivity contribution in [1.29, 1.82) is 0 Å². The average molecular weight is 389 g/mol. The second kappa shape index (κ2) is 7.27. The summed E-state index contributed by atoms with van der Waals surface area (Å²) in [4.78, 5) is 40.5. The summed E-state index contributed by atoms with van der Waals surface area (Å²) >= 11 is 6.07. The van der Waals surface area contributed by atoms with Crippen LogP contribution in [0.3, 0.4) is 0 Å². The van der Waals surface area contributed by atoms with Gasteiger partial charge in [0.25, 0.3) is 0 Å². The first-order chi connectivity index (χ1) is 12.9. The van der Waals surface area contributed by atoms with Crippen molar-refractivity contribution >= 4 is 29.3 Å². The lowest BCUT2D eigenvalue weighted by Gasteiger charge is -2.41. The predicted molar refractivity (Wildman–Crippen MR) is 102 cm³/mol.